The molecule has 2 aliphatic rings. The summed E-state index contributed by atoms with van der Waals surface area (Å²) in [5.74, 6) is -0.0590. The van der Waals surface area contributed by atoms with E-state index < -0.39 is 17.7 Å². The number of fused-ring (bicyclic) bond motifs is 1. The summed E-state index contributed by atoms with van der Waals surface area (Å²) in [5.41, 5.74) is 1.03. The lowest BCUT2D eigenvalue weighted by atomic mass is 9.94. The minimum atomic E-state index is -0.778. The fourth-order valence-corrected chi connectivity index (χ4v) is 3.98. The molecule has 2 aliphatic heterocycles. The summed E-state index contributed by atoms with van der Waals surface area (Å²) in [5, 5.41) is 11.2. The predicted octanol–water partition coefficient (Wildman–Crippen LogP) is 2.45. The van der Waals surface area contributed by atoms with Gasteiger partial charge in [0, 0.05) is 24.2 Å². The number of ketones is 1. The minimum absolute atomic E-state index is 0.0231. The highest BCUT2D eigenvalue weighted by Gasteiger charge is 2.46. The van der Waals surface area contributed by atoms with Crippen molar-refractivity contribution in [3.63, 3.8) is 0 Å². The summed E-state index contributed by atoms with van der Waals surface area (Å²) < 4.78 is 16.7. The Morgan fingerprint density at radius 3 is 2.56 bits per heavy atom. The Morgan fingerprint density at radius 2 is 1.84 bits per heavy atom. The van der Waals surface area contributed by atoms with Crippen LogP contribution in [0.1, 0.15) is 17.2 Å². The van der Waals surface area contributed by atoms with Crippen molar-refractivity contribution in [2.24, 2.45) is 0 Å². The quantitative estimate of drug-likeness (QED) is 0.421. The molecule has 4 rings (SSSR count). The van der Waals surface area contributed by atoms with E-state index in [1.807, 2.05) is 31.1 Å². The molecule has 1 atom stereocenters. The molecule has 0 bridgehead atoms. The molecule has 2 aromatic rings. The number of nitrogens with zero attached hydrogens (tertiary/aromatic N) is 2. The summed E-state index contributed by atoms with van der Waals surface area (Å²) in [6, 6.07) is 11.4. The predicted molar refractivity (Wildman–Crippen MR) is 118 cm³/mol. The lowest BCUT2D eigenvalue weighted by Gasteiger charge is -2.27. The number of carbonyl (C=O) groups excluding carboxylic acids is 2. The smallest absolute Gasteiger partial charge is 0.295 e. The third-order valence-electron chi connectivity index (χ3n) is 5.58. The number of methoxy groups -OCH3 is 1. The number of aliphatic hydroxyl groups excluding tert-OH is 1. The lowest BCUT2D eigenvalue weighted by Crippen LogP contribution is -2.35. The van der Waals surface area contributed by atoms with E-state index >= 15 is 0 Å². The lowest BCUT2D eigenvalue weighted by molar-refractivity contribution is -0.140. The zero-order chi connectivity index (χ0) is 22.8. The monoisotopic (exact) mass is 438 g/mol. The van der Waals surface area contributed by atoms with Crippen molar-refractivity contribution < 1.29 is 28.9 Å². The van der Waals surface area contributed by atoms with E-state index in [1.54, 1.807) is 30.3 Å². The van der Waals surface area contributed by atoms with E-state index in [4.69, 9.17) is 14.2 Å². The van der Waals surface area contributed by atoms with Crippen LogP contribution in [-0.4, -0.2) is 74.1 Å². The number of likely N-dealkylation sites (N-methyl/N-ethyl adjacent to an activating group) is 1. The van der Waals surface area contributed by atoms with Gasteiger partial charge in [0.2, 0.25) is 0 Å². The first-order valence-electron chi connectivity index (χ1n) is 10.4. The summed E-state index contributed by atoms with van der Waals surface area (Å²) in [7, 11) is 5.32. The first kappa shape index (κ1) is 21.7. The summed E-state index contributed by atoms with van der Waals surface area (Å²) in [6.45, 7) is 1.72. The average molecular weight is 438 g/mol. The SMILES string of the molecule is COc1ccccc1C1/C(=C(\O)c2ccc3c(c2)OCCO3)C(=O)C(=O)N1CCN(C)C. The first-order chi connectivity index (χ1) is 15.4. The summed E-state index contributed by atoms with van der Waals surface area (Å²) >= 11 is 0. The van der Waals surface area contributed by atoms with Gasteiger partial charge in [-0.05, 0) is 38.4 Å². The van der Waals surface area contributed by atoms with Crippen molar-refractivity contribution >= 4 is 17.4 Å². The fraction of sp³-hybridized carbons (Fsp3) is 0.333. The maximum Gasteiger partial charge on any atom is 0.295 e. The molecule has 0 aliphatic carbocycles. The van der Waals surface area contributed by atoms with Crippen LogP contribution >= 0.6 is 0 Å². The van der Waals surface area contributed by atoms with Crippen molar-refractivity contribution in [1.82, 2.24) is 9.80 Å². The Morgan fingerprint density at radius 1 is 1.12 bits per heavy atom. The molecule has 0 spiro atoms. The standard InChI is InChI=1S/C24H26N2O6/c1-25(2)10-11-26-21(16-6-4-5-7-17(16)30-3)20(23(28)24(26)29)22(27)15-8-9-18-19(14-15)32-13-12-31-18/h4-9,14,21,27H,10-13H2,1-3H3/b22-20+. The number of hydrogen-bond donors (Lipinski definition) is 1. The Balaban J connectivity index is 1.85. The number of para-hydroxylation sites is 1. The number of benzene rings is 2. The van der Waals surface area contributed by atoms with Gasteiger partial charge >= 0.3 is 0 Å². The van der Waals surface area contributed by atoms with Crippen molar-refractivity contribution in [2.75, 3.05) is 47.5 Å². The van der Waals surface area contributed by atoms with Crippen LogP contribution in [0.3, 0.4) is 0 Å². The molecule has 8 nitrogen and oxygen atoms in total. The van der Waals surface area contributed by atoms with Crippen LogP contribution in [0.2, 0.25) is 0 Å². The van der Waals surface area contributed by atoms with E-state index in [-0.39, 0.29) is 11.3 Å². The van der Waals surface area contributed by atoms with E-state index in [9.17, 15) is 14.7 Å². The van der Waals surface area contributed by atoms with Gasteiger partial charge in [0.25, 0.3) is 11.7 Å². The van der Waals surface area contributed by atoms with Crippen LogP contribution in [-0.2, 0) is 9.59 Å². The first-order valence-corrected chi connectivity index (χ1v) is 10.4. The zero-order valence-electron chi connectivity index (χ0n) is 18.3. The molecule has 0 saturated carbocycles. The van der Waals surface area contributed by atoms with Gasteiger partial charge in [-0.15, -0.1) is 0 Å². The van der Waals surface area contributed by atoms with Gasteiger partial charge in [0.15, 0.2) is 11.5 Å². The summed E-state index contributed by atoms with van der Waals surface area (Å²) in [6.07, 6.45) is 0. The van der Waals surface area contributed by atoms with Crippen molar-refractivity contribution in [3.05, 3.63) is 59.2 Å². The van der Waals surface area contributed by atoms with Crippen LogP contribution in [0, 0.1) is 0 Å². The molecule has 2 heterocycles. The number of rotatable bonds is 6. The van der Waals surface area contributed by atoms with Crippen LogP contribution in [0.4, 0.5) is 0 Å². The van der Waals surface area contributed by atoms with Gasteiger partial charge < -0.3 is 29.1 Å². The van der Waals surface area contributed by atoms with Crippen LogP contribution in [0.15, 0.2) is 48.0 Å². The maximum absolute atomic E-state index is 13.1. The van der Waals surface area contributed by atoms with E-state index in [0.29, 0.717) is 54.7 Å². The third-order valence-corrected chi connectivity index (χ3v) is 5.58. The second-order valence-electron chi connectivity index (χ2n) is 7.90. The number of hydrogen-bond acceptors (Lipinski definition) is 7. The normalized spacial score (nSPS) is 19.5. The number of likely N-dealkylation sites (tertiary alicyclic amines) is 1. The molecule has 32 heavy (non-hydrogen) atoms. The van der Waals surface area contributed by atoms with E-state index in [2.05, 4.69) is 0 Å². The van der Waals surface area contributed by atoms with Gasteiger partial charge in [0.1, 0.15) is 24.7 Å². The molecule has 1 unspecified atom stereocenters. The average Bonchev–Trinajstić information content (AvgIpc) is 3.06. The number of ether oxygens (including phenoxy) is 3. The zero-order valence-corrected chi connectivity index (χ0v) is 18.3. The van der Waals surface area contributed by atoms with Gasteiger partial charge in [0.05, 0.1) is 18.7 Å². The van der Waals surface area contributed by atoms with Gasteiger partial charge in [-0.3, -0.25) is 9.59 Å². The largest absolute Gasteiger partial charge is 0.507 e. The molecule has 0 radical (unpaired) electrons. The molecule has 1 saturated heterocycles. The van der Waals surface area contributed by atoms with Crippen LogP contribution < -0.4 is 14.2 Å². The second kappa shape index (κ2) is 8.92. The molecule has 0 aromatic heterocycles. The van der Waals surface area contributed by atoms with E-state index in [0.717, 1.165) is 0 Å². The Labute approximate surface area is 186 Å². The maximum atomic E-state index is 13.1. The van der Waals surface area contributed by atoms with Crippen molar-refractivity contribution in [2.45, 2.75) is 6.04 Å². The molecule has 1 N–H and O–H groups in total. The molecular weight excluding hydrogens is 412 g/mol. The van der Waals surface area contributed by atoms with Crippen LogP contribution in [0.5, 0.6) is 17.2 Å². The fourth-order valence-electron chi connectivity index (χ4n) is 3.98. The number of amides is 1. The third kappa shape index (κ3) is 3.89. The van der Waals surface area contributed by atoms with Gasteiger partial charge in [-0.2, -0.15) is 0 Å². The van der Waals surface area contributed by atoms with Crippen LogP contribution in [0.25, 0.3) is 5.76 Å². The van der Waals surface area contributed by atoms with E-state index in [1.165, 1.54) is 12.0 Å². The summed E-state index contributed by atoms with van der Waals surface area (Å²) in [4.78, 5) is 29.6. The molecule has 1 amide bonds. The van der Waals surface area contributed by atoms with Crippen molar-refractivity contribution in [1.29, 1.82) is 0 Å². The highest BCUT2D eigenvalue weighted by molar-refractivity contribution is 6.46. The highest BCUT2D eigenvalue weighted by Crippen LogP contribution is 2.43. The number of carbonyl (C=O) groups is 2. The molecule has 8 heteroatoms. The molecule has 1 fully saturated rings. The molecule has 168 valence electrons. The Bertz CT molecular complexity index is 1080. The number of Topliss-reactive ketones (excluding diaryl/α,β-unsaturated/α-hetero) is 1. The second-order valence-corrected chi connectivity index (χ2v) is 7.90. The molecule has 2 aromatic carbocycles. The highest BCUT2D eigenvalue weighted by atomic mass is 16.6. The number of aliphatic hydroxyl groups is 1. The molecular formula is C24H26N2O6. The topological polar surface area (TPSA) is 88.5 Å². The minimum Gasteiger partial charge on any atom is -0.507 e. The Hall–Kier alpha value is -3.52. The van der Waals surface area contributed by atoms with Crippen molar-refractivity contribution in [3.8, 4) is 17.2 Å². The van der Waals surface area contributed by atoms with Gasteiger partial charge in [-0.1, -0.05) is 18.2 Å². The van der Waals surface area contributed by atoms with Gasteiger partial charge in [-0.25, -0.2) is 0 Å². The Kier molecular flexibility index (Phi) is 6.05.